The van der Waals surface area contributed by atoms with Crippen molar-refractivity contribution in [1.29, 1.82) is 5.26 Å². The summed E-state index contributed by atoms with van der Waals surface area (Å²) in [5.74, 6) is -0.370. The van der Waals surface area contributed by atoms with E-state index in [-0.39, 0.29) is 10.8 Å². The number of sulfonamides is 1. The molecule has 2 aromatic carbocycles. The van der Waals surface area contributed by atoms with Gasteiger partial charge in [0.05, 0.1) is 17.4 Å². The number of anilines is 1. The molecule has 29 heavy (non-hydrogen) atoms. The molecule has 1 aliphatic rings. The first-order chi connectivity index (χ1) is 13.9. The molecule has 3 rings (SSSR count). The van der Waals surface area contributed by atoms with Gasteiger partial charge < -0.3 is 5.32 Å². The smallest absolute Gasteiger partial charge is 0.255 e. The van der Waals surface area contributed by atoms with E-state index in [1.54, 1.807) is 43.3 Å². The van der Waals surface area contributed by atoms with Crippen molar-refractivity contribution in [2.24, 2.45) is 0 Å². The van der Waals surface area contributed by atoms with Crippen LogP contribution in [0.2, 0.25) is 0 Å². The summed E-state index contributed by atoms with van der Waals surface area (Å²) in [7, 11) is -3.63. The van der Waals surface area contributed by atoms with E-state index >= 15 is 0 Å². The van der Waals surface area contributed by atoms with Crippen molar-refractivity contribution in [1.82, 2.24) is 4.31 Å². The van der Waals surface area contributed by atoms with Crippen LogP contribution < -0.4 is 5.32 Å². The number of nitrogens with zero attached hydrogens (tertiary/aromatic N) is 2. The second kappa shape index (κ2) is 9.21. The summed E-state index contributed by atoms with van der Waals surface area (Å²) < 4.78 is 27.9. The van der Waals surface area contributed by atoms with E-state index in [1.165, 1.54) is 10.4 Å². The summed E-state index contributed by atoms with van der Waals surface area (Å²) in [5, 5.41) is 11.5. The number of nitrogens with one attached hydrogen (secondary N) is 1. The van der Waals surface area contributed by atoms with Crippen molar-refractivity contribution in [2.75, 3.05) is 18.4 Å². The van der Waals surface area contributed by atoms with Gasteiger partial charge in [0.2, 0.25) is 10.0 Å². The highest BCUT2D eigenvalue weighted by atomic mass is 32.2. The maximum atomic E-state index is 13.2. The maximum absolute atomic E-state index is 13.2. The molecule has 1 fully saturated rings. The molecule has 0 radical (unpaired) electrons. The van der Waals surface area contributed by atoms with Crippen LogP contribution in [0.1, 0.15) is 47.2 Å². The van der Waals surface area contributed by atoms with Crippen LogP contribution in [0.4, 0.5) is 5.69 Å². The van der Waals surface area contributed by atoms with Gasteiger partial charge in [0.15, 0.2) is 0 Å². The Balaban J connectivity index is 1.82. The average Bonchev–Trinajstić information content (AvgIpc) is 3.00. The molecular formula is C22H25N3O3S. The summed E-state index contributed by atoms with van der Waals surface area (Å²) in [4.78, 5) is 12.9. The van der Waals surface area contributed by atoms with Crippen molar-refractivity contribution >= 4 is 21.6 Å². The van der Waals surface area contributed by atoms with Gasteiger partial charge >= 0.3 is 0 Å². The minimum Gasteiger partial charge on any atom is -0.322 e. The third-order valence-electron chi connectivity index (χ3n) is 5.13. The molecule has 0 aromatic heterocycles. The first-order valence-electron chi connectivity index (χ1n) is 9.80. The van der Waals surface area contributed by atoms with Gasteiger partial charge in [-0.2, -0.15) is 9.57 Å². The van der Waals surface area contributed by atoms with E-state index < -0.39 is 10.0 Å². The number of nitriles is 1. The van der Waals surface area contributed by atoms with E-state index in [0.29, 0.717) is 36.3 Å². The van der Waals surface area contributed by atoms with Crippen LogP contribution in [0, 0.1) is 18.3 Å². The zero-order valence-corrected chi connectivity index (χ0v) is 17.3. The summed E-state index contributed by atoms with van der Waals surface area (Å²) in [6, 6.07) is 13.9. The molecule has 0 atom stereocenters. The van der Waals surface area contributed by atoms with Gasteiger partial charge in [-0.3, -0.25) is 4.79 Å². The number of aryl methyl sites for hydroxylation is 1. The Hall–Kier alpha value is -2.69. The van der Waals surface area contributed by atoms with Crippen LogP contribution >= 0.6 is 0 Å². The fourth-order valence-corrected chi connectivity index (χ4v) is 5.21. The molecule has 1 N–H and O–H groups in total. The number of rotatable bonds is 5. The first-order valence-corrected chi connectivity index (χ1v) is 11.2. The number of benzene rings is 2. The number of carbonyl (C=O) groups excluding carboxylic acids is 1. The third-order valence-corrected chi connectivity index (χ3v) is 7.17. The highest BCUT2D eigenvalue weighted by Crippen LogP contribution is 2.24. The maximum Gasteiger partial charge on any atom is 0.255 e. The molecule has 1 aliphatic heterocycles. The van der Waals surface area contributed by atoms with E-state index in [0.717, 1.165) is 31.2 Å². The monoisotopic (exact) mass is 411 g/mol. The molecule has 6 nitrogen and oxygen atoms in total. The lowest BCUT2D eigenvalue weighted by atomic mass is 10.1. The normalized spacial score (nSPS) is 15.3. The number of hydrogen-bond acceptors (Lipinski definition) is 4. The first kappa shape index (κ1) is 21.0. The van der Waals surface area contributed by atoms with Gasteiger partial charge in [0.25, 0.3) is 5.91 Å². The zero-order valence-electron chi connectivity index (χ0n) is 16.5. The van der Waals surface area contributed by atoms with Crippen LogP contribution in [-0.4, -0.2) is 31.7 Å². The summed E-state index contributed by atoms with van der Waals surface area (Å²) >= 11 is 0. The largest absolute Gasteiger partial charge is 0.322 e. The van der Waals surface area contributed by atoms with E-state index in [9.17, 15) is 13.2 Å². The van der Waals surface area contributed by atoms with E-state index in [1.807, 2.05) is 0 Å². The predicted molar refractivity (Wildman–Crippen MR) is 112 cm³/mol. The fourth-order valence-electron chi connectivity index (χ4n) is 3.44. The van der Waals surface area contributed by atoms with Crippen molar-refractivity contribution in [3.63, 3.8) is 0 Å². The SMILES string of the molecule is Cc1ccc(C(=O)Nc2ccc(CC#N)cc2)cc1S(=O)(=O)N1CCCCCC1. The second-order valence-corrected chi connectivity index (χ2v) is 9.19. The molecule has 0 unspecified atom stereocenters. The lowest BCUT2D eigenvalue weighted by Crippen LogP contribution is -2.32. The van der Waals surface area contributed by atoms with Crippen LogP contribution in [-0.2, 0) is 16.4 Å². The van der Waals surface area contributed by atoms with Crippen molar-refractivity contribution in [2.45, 2.75) is 43.9 Å². The van der Waals surface area contributed by atoms with Crippen molar-refractivity contribution in [3.8, 4) is 6.07 Å². The Morgan fingerprint density at radius 3 is 2.34 bits per heavy atom. The molecule has 0 aliphatic carbocycles. The molecule has 0 bridgehead atoms. The van der Waals surface area contributed by atoms with Crippen LogP contribution in [0.3, 0.4) is 0 Å². The lowest BCUT2D eigenvalue weighted by molar-refractivity contribution is 0.102. The topological polar surface area (TPSA) is 90.3 Å². The van der Waals surface area contributed by atoms with E-state index in [2.05, 4.69) is 11.4 Å². The van der Waals surface area contributed by atoms with E-state index in [4.69, 9.17) is 5.26 Å². The van der Waals surface area contributed by atoms with Gasteiger partial charge in [0, 0.05) is 24.3 Å². The van der Waals surface area contributed by atoms with Crippen LogP contribution in [0.5, 0.6) is 0 Å². The van der Waals surface area contributed by atoms with Crippen LogP contribution in [0.15, 0.2) is 47.4 Å². The van der Waals surface area contributed by atoms with Crippen molar-refractivity contribution < 1.29 is 13.2 Å². The standard InChI is InChI=1S/C22H25N3O3S/c1-17-6-9-19(22(26)24-20-10-7-18(8-11-20)12-13-23)16-21(17)29(27,28)25-14-4-2-3-5-15-25/h6-11,16H,2-5,12,14-15H2,1H3,(H,24,26). The average molecular weight is 412 g/mol. The summed E-state index contributed by atoms with van der Waals surface area (Å²) in [6.07, 6.45) is 4.12. The Labute approximate surface area is 172 Å². The number of hydrogen-bond donors (Lipinski definition) is 1. The highest BCUT2D eigenvalue weighted by molar-refractivity contribution is 7.89. The Morgan fingerprint density at radius 1 is 1.07 bits per heavy atom. The van der Waals surface area contributed by atoms with Gasteiger partial charge in [0.1, 0.15) is 0 Å². The minimum atomic E-state index is -3.63. The van der Waals surface area contributed by atoms with Gasteiger partial charge in [-0.15, -0.1) is 0 Å². The third kappa shape index (κ3) is 5.03. The lowest BCUT2D eigenvalue weighted by Gasteiger charge is -2.21. The molecule has 2 aromatic rings. The Kier molecular flexibility index (Phi) is 6.68. The number of carbonyl (C=O) groups is 1. The fraction of sp³-hybridized carbons (Fsp3) is 0.364. The molecule has 1 saturated heterocycles. The van der Waals surface area contributed by atoms with Gasteiger partial charge in [-0.25, -0.2) is 8.42 Å². The summed E-state index contributed by atoms with van der Waals surface area (Å²) in [5.41, 5.74) is 2.39. The predicted octanol–water partition coefficient (Wildman–Crippen LogP) is 3.88. The molecule has 152 valence electrons. The van der Waals surface area contributed by atoms with Crippen molar-refractivity contribution in [3.05, 3.63) is 59.2 Å². The summed E-state index contributed by atoms with van der Waals surface area (Å²) in [6.45, 7) is 2.79. The molecule has 7 heteroatoms. The van der Waals surface area contributed by atoms with Crippen LogP contribution in [0.25, 0.3) is 0 Å². The quantitative estimate of drug-likeness (QED) is 0.808. The molecule has 0 spiro atoms. The second-order valence-electron chi connectivity index (χ2n) is 7.28. The number of amides is 1. The zero-order chi connectivity index (χ0) is 20.9. The van der Waals surface area contributed by atoms with Gasteiger partial charge in [-0.05, 0) is 55.2 Å². The minimum absolute atomic E-state index is 0.191. The molecule has 0 saturated carbocycles. The molecular weight excluding hydrogens is 386 g/mol. The Morgan fingerprint density at radius 2 is 1.72 bits per heavy atom. The molecule has 1 heterocycles. The highest BCUT2D eigenvalue weighted by Gasteiger charge is 2.27. The Bertz CT molecular complexity index is 1020. The molecule has 1 amide bonds. The van der Waals surface area contributed by atoms with Gasteiger partial charge in [-0.1, -0.05) is 31.0 Å².